The second-order valence-electron chi connectivity index (χ2n) is 3.77. The minimum absolute atomic E-state index is 0.511. The number of anilines is 2. The maximum absolute atomic E-state index is 9.07. The van der Waals surface area contributed by atoms with Crippen LogP contribution in [0.3, 0.4) is 0 Å². The van der Waals surface area contributed by atoms with E-state index in [4.69, 9.17) is 16.9 Å². The lowest BCUT2D eigenvalue weighted by atomic mass is 10.2. The summed E-state index contributed by atoms with van der Waals surface area (Å²) in [5.41, 5.74) is 1.14. The number of halogens is 2. The van der Waals surface area contributed by atoms with Gasteiger partial charge in [0.15, 0.2) is 0 Å². The van der Waals surface area contributed by atoms with E-state index in [9.17, 15) is 0 Å². The first-order valence-corrected chi connectivity index (χ1v) is 6.79. The average molecular weight is 338 g/mol. The zero-order chi connectivity index (χ0) is 13.8. The van der Waals surface area contributed by atoms with Crippen molar-refractivity contribution in [3.63, 3.8) is 0 Å². The van der Waals surface area contributed by atoms with E-state index in [2.05, 4.69) is 37.3 Å². The van der Waals surface area contributed by atoms with E-state index >= 15 is 0 Å². The molecule has 1 heterocycles. The maximum atomic E-state index is 9.07. The number of benzene rings is 1. The molecular formula is C13H10BrClN4. The normalized spacial score (nSPS) is 10.0. The summed E-state index contributed by atoms with van der Waals surface area (Å²) in [5.74, 6) is 1.34. The standard InChI is InChI=1S/C13H10BrClN4/c1-2-12-18-11(14)6-13(19-12)17-10-5-9(15)4-3-8(10)7-16/h3-6H,2H2,1H3,(H,17,18,19). The first kappa shape index (κ1) is 13.8. The van der Waals surface area contributed by atoms with Gasteiger partial charge in [-0.1, -0.05) is 18.5 Å². The fraction of sp³-hybridized carbons (Fsp3) is 0.154. The molecule has 0 aliphatic carbocycles. The molecule has 0 unspecified atom stereocenters. The molecule has 0 aliphatic rings. The number of aryl methyl sites for hydroxylation is 1. The highest BCUT2D eigenvalue weighted by Crippen LogP contribution is 2.24. The average Bonchev–Trinajstić information content (AvgIpc) is 2.38. The van der Waals surface area contributed by atoms with Crippen molar-refractivity contribution in [3.8, 4) is 6.07 Å². The Balaban J connectivity index is 2.38. The summed E-state index contributed by atoms with van der Waals surface area (Å²) >= 11 is 9.27. The fourth-order valence-corrected chi connectivity index (χ4v) is 2.14. The van der Waals surface area contributed by atoms with E-state index in [1.165, 1.54) is 0 Å². The maximum Gasteiger partial charge on any atom is 0.135 e. The number of aromatic nitrogens is 2. The van der Waals surface area contributed by atoms with Gasteiger partial charge in [-0.3, -0.25) is 0 Å². The van der Waals surface area contributed by atoms with Gasteiger partial charge in [-0.2, -0.15) is 5.26 Å². The van der Waals surface area contributed by atoms with Gasteiger partial charge in [0.05, 0.1) is 11.3 Å². The van der Waals surface area contributed by atoms with Gasteiger partial charge in [-0.05, 0) is 34.1 Å². The molecule has 2 rings (SSSR count). The van der Waals surface area contributed by atoms with Crippen LogP contribution in [0.15, 0.2) is 28.9 Å². The molecule has 19 heavy (non-hydrogen) atoms. The largest absolute Gasteiger partial charge is 0.339 e. The van der Waals surface area contributed by atoms with Crippen LogP contribution in [-0.4, -0.2) is 9.97 Å². The smallest absolute Gasteiger partial charge is 0.135 e. The third-order valence-electron chi connectivity index (χ3n) is 2.42. The van der Waals surface area contributed by atoms with Crippen LogP contribution in [0.2, 0.25) is 5.02 Å². The molecule has 0 fully saturated rings. The van der Waals surface area contributed by atoms with Crippen LogP contribution in [0.4, 0.5) is 11.5 Å². The zero-order valence-corrected chi connectivity index (χ0v) is 12.5. The van der Waals surface area contributed by atoms with Gasteiger partial charge in [0.25, 0.3) is 0 Å². The van der Waals surface area contributed by atoms with Crippen LogP contribution in [-0.2, 0) is 6.42 Å². The zero-order valence-electron chi connectivity index (χ0n) is 10.1. The van der Waals surface area contributed by atoms with E-state index in [-0.39, 0.29) is 0 Å². The molecule has 0 aliphatic heterocycles. The third-order valence-corrected chi connectivity index (χ3v) is 3.06. The Bertz CT molecular complexity index is 652. The molecule has 1 aromatic heterocycles. The van der Waals surface area contributed by atoms with Gasteiger partial charge >= 0.3 is 0 Å². The molecule has 0 radical (unpaired) electrons. The van der Waals surface area contributed by atoms with Gasteiger partial charge in [0, 0.05) is 17.5 Å². The second kappa shape index (κ2) is 6.00. The van der Waals surface area contributed by atoms with Crippen molar-refractivity contribution in [2.24, 2.45) is 0 Å². The Morgan fingerprint density at radius 3 is 2.84 bits per heavy atom. The molecule has 2 aromatic rings. The highest BCUT2D eigenvalue weighted by atomic mass is 79.9. The minimum Gasteiger partial charge on any atom is -0.339 e. The van der Waals surface area contributed by atoms with Crippen LogP contribution in [0.25, 0.3) is 0 Å². The third kappa shape index (κ3) is 3.43. The van der Waals surface area contributed by atoms with Crippen LogP contribution in [0.5, 0.6) is 0 Å². The first-order valence-electron chi connectivity index (χ1n) is 5.62. The fourth-order valence-electron chi connectivity index (χ4n) is 1.54. The minimum atomic E-state index is 0.511. The van der Waals surface area contributed by atoms with Crippen LogP contribution in [0, 0.1) is 11.3 Å². The Hall–Kier alpha value is -1.64. The lowest BCUT2D eigenvalue weighted by molar-refractivity contribution is 0.931. The molecule has 96 valence electrons. The highest BCUT2D eigenvalue weighted by Gasteiger charge is 2.06. The van der Waals surface area contributed by atoms with Crippen molar-refractivity contribution < 1.29 is 0 Å². The topological polar surface area (TPSA) is 61.6 Å². The number of hydrogen-bond acceptors (Lipinski definition) is 4. The van der Waals surface area contributed by atoms with Crippen molar-refractivity contribution in [1.29, 1.82) is 5.26 Å². The Kier molecular flexibility index (Phi) is 4.35. The van der Waals surface area contributed by atoms with Gasteiger partial charge in [-0.25, -0.2) is 9.97 Å². The number of rotatable bonds is 3. The lowest BCUT2D eigenvalue weighted by Gasteiger charge is -2.09. The molecule has 0 spiro atoms. The summed E-state index contributed by atoms with van der Waals surface area (Å²) in [6.45, 7) is 1.98. The molecular weight excluding hydrogens is 328 g/mol. The summed E-state index contributed by atoms with van der Waals surface area (Å²) in [6.07, 6.45) is 0.731. The van der Waals surface area contributed by atoms with Crippen molar-refractivity contribution in [2.45, 2.75) is 13.3 Å². The highest BCUT2D eigenvalue weighted by molar-refractivity contribution is 9.10. The second-order valence-corrected chi connectivity index (χ2v) is 5.02. The number of nitrogens with zero attached hydrogens (tertiary/aromatic N) is 3. The Morgan fingerprint density at radius 2 is 2.16 bits per heavy atom. The van der Waals surface area contributed by atoms with E-state index in [1.54, 1.807) is 24.3 Å². The van der Waals surface area contributed by atoms with Crippen molar-refractivity contribution in [3.05, 3.63) is 45.3 Å². The number of nitriles is 1. The predicted octanol–water partition coefficient (Wildman–Crippen LogP) is 4.07. The monoisotopic (exact) mass is 336 g/mol. The summed E-state index contributed by atoms with van der Waals surface area (Å²) in [5, 5.41) is 12.7. The molecule has 0 bridgehead atoms. The van der Waals surface area contributed by atoms with E-state index in [0.717, 1.165) is 12.2 Å². The van der Waals surface area contributed by atoms with Gasteiger partial charge in [-0.15, -0.1) is 0 Å². The van der Waals surface area contributed by atoms with E-state index in [1.807, 2.05) is 6.92 Å². The molecule has 0 atom stereocenters. The molecule has 0 saturated heterocycles. The van der Waals surface area contributed by atoms with E-state index in [0.29, 0.717) is 26.7 Å². The van der Waals surface area contributed by atoms with Crippen molar-refractivity contribution in [2.75, 3.05) is 5.32 Å². The quantitative estimate of drug-likeness (QED) is 0.858. The number of nitrogens with one attached hydrogen (secondary N) is 1. The predicted molar refractivity (Wildman–Crippen MR) is 78.6 cm³/mol. The van der Waals surface area contributed by atoms with E-state index < -0.39 is 0 Å². The summed E-state index contributed by atoms with van der Waals surface area (Å²) in [7, 11) is 0. The SMILES string of the molecule is CCc1nc(Br)cc(Nc2cc(Cl)ccc2C#N)n1. The van der Waals surface area contributed by atoms with Crippen molar-refractivity contribution >= 4 is 39.0 Å². The summed E-state index contributed by atoms with van der Waals surface area (Å²) in [6, 6.07) is 8.90. The van der Waals surface area contributed by atoms with Crippen molar-refractivity contribution in [1.82, 2.24) is 9.97 Å². The molecule has 1 aromatic carbocycles. The number of hydrogen-bond donors (Lipinski definition) is 1. The molecule has 6 heteroatoms. The van der Waals surface area contributed by atoms with Crippen LogP contribution in [0.1, 0.15) is 18.3 Å². The van der Waals surface area contributed by atoms with Gasteiger partial charge in [0.1, 0.15) is 22.3 Å². The molecule has 4 nitrogen and oxygen atoms in total. The van der Waals surface area contributed by atoms with Crippen LogP contribution < -0.4 is 5.32 Å². The summed E-state index contributed by atoms with van der Waals surface area (Å²) in [4.78, 5) is 8.58. The molecule has 0 saturated carbocycles. The lowest BCUT2D eigenvalue weighted by Crippen LogP contribution is -2.01. The van der Waals surface area contributed by atoms with Gasteiger partial charge < -0.3 is 5.32 Å². The molecule has 0 amide bonds. The Morgan fingerprint density at radius 1 is 1.37 bits per heavy atom. The van der Waals surface area contributed by atoms with Gasteiger partial charge in [0.2, 0.25) is 0 Å². The first-order chi connectivity index (χ1) is 9.12. The Labute approximate surface area is 124 Å². The van der Waals surface area contributed by atoms with Crippen LogP contribution >= 0.6 is 27.5 Å². The molecule has 1 N–H and O–H groups in total. The summed E-state index contributed by atoms with van der Waals surface area (Å²) < 4.78 is 0.697.